The molecule has 0 aromatic carbocycles. The number of amides is 2. The number of carbonyl (C=O) groups is 2. The molecule has 2 rings (SSSR count). The zero-order valence-corrected chi connectivity index (χ0v) is 9.44. The lowest BCUT2D eigenvalue weighted by Crippen LogP contribution is -2.19. The largest absolute Gasteiger partial charge is 0.292 e. The second-order valence-corrected chi connectivity index (χ2v) is 4.66. The molecule has 0 radical (unpaired) electrons. The quantitative estimate of drug-likeness (QED) is 0.627. The molecule has 0 spiro atoms. The number of halogens is 1. The van der Waals surface area contributed by atoms with Gasteiger partial charge in [-0.2, -0.15) is 0 Å². The fourth-order valence-corrected chi connectivity index (χ4v) is 2.63. The Morgan fingerprint density at radius 2 is 2.29 bits per heavy atom. The van der Waals surface area contributed by atoms with Crippen molar-refractivity contribution in [2.24, 2.45) is 0 Å². The van der Waals surface area contributed by atoms with E-state index in [0.29, 0.717) is 5.57 Å². The van der Waals surface area contributed by atoms with Crippen LogP contribution in [0.5, 0.6) is 0 Å². The minimum Gasteiger partial charge on any atom is -0.292 e. The van der Waals surface area contributed by atoms with Crippen molar-refractivity contribution >= 4 is 45.2 Å². The molecule has 1 saturated heterocycles. The highest BCUT2D eigenvalue weighted by Crippen LogP contribution is 2.26. The summed E-state index contributed by atoms with van der Waals surface area (Å²) >= 11 is 4.88. The zero-order chi connectivity index (χ0) is 10.1. The summed E-state index contributed by atoms with van der Waals surface area (Å²) in [6.07, 6.45) is 1.93. The van der Waals surface area contributed by atoms with Gasteiger partial charge in [-0.25, -0.2) is 0 Å². The molecule has 2 heterocycles. The standard InChI is InChI=1S/C9H6BrNO2S/c10-6-1-2-14-7(6)3-5-4-8(12)11-9(5)13/h1-3H,4H2,(H,11,12,13)/b5-3-. The van der Waals surface area contributed by atoms with Gasteiger partial charge < -0.3 is 0 Å². The summed E-state index contributed by atoms with van der Waals surface area (Å²) in [5, 5.41) is 4.16. The van der Waals surface area contributed by atoms with Crippen molar-refractivity contribution in [2.75, 3.05) is 0 Å². The molecule has 1 aromatic heterocycles. The van der Waals surface area contributed by atoms with Gasteiger partial charge in [0.25, 0.3) is 5.91 Å². The van der Waals surface area contributed by atoms with Gasteiger partial charge in [0.1, 0.15) is 0 Å². The first-order chi connectivity index (χ1) is 6.66. The first-order valence-electron chi connectivity index (χ1n) is 3.94. The molecule has 1 fully saturated rings. The van der Waals surface area contributed by atoms with Crippen molar-refractivity contribution in [3.63, 3.8) is 0 Å². The highest BCUT2D eigenvalue weighted by molar-refractivity contribution is 9.10. The van der Waals surface area contributed by atoms with E-state index in [1.54, 1.807) is 6.08 Å². The maximum absolute atomic E-state index is 11.2. The molecule has 1 aliphatic rings. The molecule has 2 amide bonds. The topological polar surface area (TPSA) is 46.2 Å². The second kappa shape index (κ2) is 3.67. The van der Waals surface area contributed by atoms with Crippen LogP contribution >= 0.6 is 27.3 Å². The van der Waals surface area contributed by atoms with Crippen molar-refractivity contribution in [2.45, 2.75) is 6.42 Å². The van der Waals surface area contributed by atoms with Crippen molar-refractivity contribution in [1.82, 2.24) is 5.32 Å². The van der Waals surface area contributed by atoms with Crippen LogP contribution in [0.25, 0.3) is 6.08 Å². The monoisotopic (exact) mass is 271 g/mol. The summed E-state index contributed by atoms with van der Waals surface area (Å²) in [6, 6.07) is 1.91. The smallest absolute Gasteiger partial charge is 0.254 e. The minimum atomic E-state index is -0.282. The lowest BCUT2D eigenvalue weighted by Gasteiger charge is -1.91. The van der Waals surface area contributed by atoms with Crippen molar-refractivity contribution in [3.05, 3.63) is 26.4 Å². The average Bonchev–Trinajstić information content (AvgIpc) is 2.62. The van der Waals surface area contributed by atoms with Gasteiger partial charge in [-0.3, -0.25) is 14.9 Å². The third-order valence-corrected chi connectivity index (χ3v) is 3.66. The summed E-state index contributed by atoms with van der Waals surface area (Å²) in [4.78, 5) is 23.1. The van der Waals surface area contributed by atoms with Crippen LogP contribution in [0.2, 0.25) is 0 Å². The molecule has 0 aliphatic carbocycles. The number of hydrogen-bond donors (Lipinski definition) is 1. The first-order valence-corrected chi connectivity index (χ1v) is 5.62. The van der Waals surface area contributed by atoms with E-state index in [1.807, 2.05) is 11.4 Å². The number of imide groups is 1. The highest BCUT2D eigenvalue weighted by atomic mass is 79.9. The number of carbonyl (C=O) groups excluding carboxylic acids is 2. The molecular formula is C9H6BrNO2S. The van der Waals surface area contributed by atoms with Gasteiger partial charge in [-0.1, -0.05) is 0 Å². The maximum Gasteiger partial charge on any atom is 0.254 e. The SMILES string of the molecule is O=C1C/C(=C/c2sccc2Br)C(=O)N1. The summed E-state index contributed by atoms with van der Waals surface area (Å²) in [5.74, 6) is -0.510. The minimum absolute atomic E-state index is 0.184. The van der Waals surface area contributed by atoms with Crippen LogP contribution in [0.3, 0.4) is 0 Å². The first kappa shape index (κ1) is 9.61. The Morgan fingerprint density at radius 1 is 1.50 bits per heavy atom. The highest BCUT2D eigenvalue weighted by Gasteiger charge is 2.23. The van der Waals surface area contributed by atoms with E-state index >= 15 is 0 Å². The lowest BCUT2D eigenvalue weighted by molar-refractivity contribution is -0.124. The number of nitrogens with one attached hydrogen (secondary N) is 1. The van der Waals surface area contributed by atoms with E-state index in [-0.39, 0.29) is 18.2 Å². The van der Waals surface area contributed by atoms with Gasteiger partial charge in [0.05, 0.1) is 6.42 Å². The molecule has 1 aromatic rings. The van der Waals surface area contributed by atoms with E-state index in [4.69, 9.17) is 0 Å². The van der Waals surface area contributed by atoms with Gasteiger partial charge in [0.15, 0.2) is 0 Å². The van der Waals surface area contributed by atoms with Gasteiger partial charge in [-0.15, -0.1) is 11.3 Å². The molecule has 0 atom stereocenters. The van der Waals surface area contributed by atoms with Gasteiger partial charge in [-0.05, 0) is 33.5 Å². The number of hydrogen-bond acceptors (Lipinski definition) is 3. The van der Waals surface area contributed by atoms with Crippen molar-refractivity contribution < 1.29 is 9.59 Å². The maximum atomic E-state index is 11.2. The third-order valence-electron chi connectivity index (χ3n) is 1.85. The number of rotatable bonds is 1. The molecule has 5 heteroatoms. The summed E-state index contributed by atoms with van der Waals surface area (Å²) in [6.45, 7) is 0. The molecule has 0 saturated carbocycles. The van der Waals surface area contributed by atoms with Crippen LogP contribution in [0.15, 0.2) is 21.5 Å². The van der Waals surface area contributed by atoms with Gasteiger partial charge in [0, 0.05) is 14.9 Å². The van der Waals surface area contributed by atoms with E-state index in [1.165, 1.54) is 11.3 Å². The Hall–Kier alpha value is -0.940. The van der Waals surface area contributed by atoms with Crippen LogP contribution in [0.1, 0.15) is 11.3 Å². The molecule has 0 unspecified atom stereocenters. The Morgan fingerprint density at radius 3 is 2.79 bits per heavy atom. The van der Waals surface area contributed by atoms with Crippen molar-refractivity contribution in [3.8, 4) is 0 Å². The van der Waals surface area contributed by atoms with Crippen LogP contribution in [-0.4, -0.2) is 11.8 Å². The van der Waals surface area contributed by atoms with Crippen molar-refractivity contribution in [1.29, 1.82) is 0 Å². The molecular weight excluding hydrogens is 266 g/mol. The molecule has 3 nitrogen and oxygen atoms in total. The normalized spacial score (nSPS) is 19.1. The zero-order valence-electron chi connectivity index (χ0n) is 7.04. The summed E-state index contributed by atoms with van der Waals surface area (Å²) in [5.41, 5.74) is 0.526. The van der Waals surface area contributed by atoms with E-state index < -0.39 is 0 Å². The Bertz CT molecular complexity index is 436. The van der Waals surface area contributed by atoms with Crippen LogP contribution in [0.4, 0.5) is 0 Å². The fraction of sp³-hybridized carbons (Fsp3) is 0.111. The predicted octanol–water partition coefficient (Wildman–Crippen LogP) is 1.94. The second-order valence-electron chi connectivity index (χ2n) is 2.86. The molecule has 1 N–H and O–H groups in total. The molecule has 72 valence electrons. The Labute approximate surface area is 92.9 Å². The van der Waals surface area contributed by atoms with E-state index in [0.717, 1.165) is 9.35 Å². The fourth-order valence-electron chi connectivity index (χ4n) is 1.19. The predicted molar refractivity (Wildman–Crippen MR) is 57.8 cm³/mol. The average molecular weight is 272 g/mol. The van der Waals surface area contributed by atoms with Gasteiger partial charge >= 0.3 is 0 Å². The van der Waals surface area contributed by atoms with Crippen LogP contribution in [-0.2, 0) is 9.59 Å². The summed E-state index contributed by atoms with van der Waals surface area (Å²) < 4.78 is 0.946. The molecule has 14 heavy (non-hydrogen) atoms. The van der Waals surface area contributed by atoms with E-state index in [2.05, 4.69) is 21.2 Å². The molecule has 1 aliphatic heterocycles. The van der Waals surface area contributed by atoms with Gasteiger partial charge in [0.2, 0.25) is 5.91 Å². The van der Waals surface area contributed by atoms with Crippen LogP contribution in [0, 0.1) is 0 Å². The molecule has 0 bridgehead atoms. The lowest BCUT2D eigenvalue weighted by atomic mass is 10.2. The number of thiophene rings is 1. The Balaban J connectivity index is 2.32. The summed E-state index contributed by atoms with van der Waals surface area (Å²) in [7, 11) is 0. The van der Waals surface area contributed by atoms with E-state index in [9.17, 15) is 9.59 Å². The van der Waals surface area contributed by atoms with Crippen LogP contribution < -0.4 is 5.32 Å². The Kier molecular flexibility index (Phi) is 2.52. The third kappa shape index (κ3) is 1.78.